The van der Waals surface area contributed by atoms with Crippen molar-refractivity contribution in [2.75, 3.05) is 0 Å². The Bertz CT molecular complexity index is 172. The number of nitrogens with two attached hydrogens (primary N) is 2. The maximum Gasteiger partial charge on any atom is 0.234 e. The fourth-order valence-electron chi connectivity index (χ4n) is 1.77. The van der Waals surface area contributed by atoms with Crippen LogP contribution in [0.1, 0.15) is 25.7 Å². The number of rotatable bonds is 2. The number of carbonyl (C=O) groups excluding carboxylic acids is 1. The van der Waals surface area contributed by atoms with E-state index in [1.54, 1.807) is 0 Å². The molecule has 1 rings (SSSR count). The molecule has 0 aromatic heterocycles. The van der Waals surface area contributed by atoms with E-state index in [0.29, 0.717) is 0 Å². The van der Waals surface area contributed by atoms with E-state index in [2.05, 4.69) is 0 Å². The number of carbonyl (C=O) groups is 1. The van der Waals surface area contributed by atoms with E-state index in [-0.39, 0.29) is 5.92 Å². The summed E-state index contributed by atoms with van der Waals surface area (Å²) in [5, 5.41) is 9.50. The maximum absolute atomic E-state index is 10.7. The van der Waals surface area contributed by atoms with Gasteiger partial charge in [-0.1, -0.05) is 12.8 Å². The highest BCUT2D eigenvalue weighted by atomic mass is 16.3. The van der Waals surface area contributed by atoms with Gasteiger partial charge in [0.05, 0.1) is 12.1 Å². The van der Waals surface area contributed by atoms with Crippen molar-refractivity contribution < 1.29 is 9.90 Å². The molecule has 0 aromatic rings. The van der Waals surface area contributed by atoms with E-state index >= 15 is 0 Å². The van der Waals surface area contributed by atoms with E-state index in [1.165, 1.54) is 0 Å². The molecule has 0 radical (unpaired) electrons. The highest BCUT2D eigenvalue weighted by Gasteiger charge is 2.31. The van der Waals surface area contributed by atoms with Crippen molar-refractivity contribution in [2.45, 2.75) is 37.8 Å². The van der Waals surface area contributed by atoms with E-state index < -0.39 is 18.1 Å². The lowest BCUT2D eigenvalue weighted by molar-refractivity contribution is -0.122. The average Bonchev–Trinajstić information content (AvgIpc) is 2.04. The third-order valence-electron chi connectivity index (χ3n) is 2.57. The van der Waals surface area contributed by atoms with Gasteiger partial charge in [0.15, 0.2) is 0 Å². The Balaban J connectivity index is 2.53. The van der Waals surface area contributed by atoms with Crippen LogP contribution in [0.3, 0.4) is 0 Å². The van der Waals surface area contributed by atoms with Crippen LogP contribution >= 0.6 is 0 Å². The van der Waals surface area contributed by atoms with Crippen molar-refractivity contribution in [1.29, 1.82) is 0 Å². The second-order valence-electron chi connectivity index (χ2n) is 3.44. The summed E-state index contributed by atoms with van der Waals surface area (Å²) in [6.45, 7) is 0. The van der Waals surface area contributed by atoms with Crippen molar-refractivity contribution in [1.82, 2.24) is 0 Å². The maximum atomic E-state index is 10.7. The van der Waals surface area contributed by atoms with E-state index in [9.17, 15) is 9.90 Å². The summed E-state index contributed by atoms with van der Waals surface area (Å²) in [7, 11) is 0. The highest BCUT2D eigenvalue weighted by Crippen LogP contribution is 2.26. The van der Waals surface area contributed by atoms with Crippen LogP contribution in [0.2, 0.25) is 0 Å². The smallest absolute Gasteiger partial charge is 0.234 e. The van der Waals surface area contributed by atoms with Gasteiger partial charge >= 0.3 is 0 Å². The standard InChI is InChI=1S/C8H16N2O2/c9-7(8(10)12)5-3-1-2-4-6(5)11/h5-7,11H,1-4,9H2,(H2,10,12). The molecule has 0 aromatic carbocycles. The molecule has 0 heterocycles. The lowest BCUT2D eigenvalue weighted by atomic mass is 9.81. The molecule has 5 N–H and O–H groups in total. The van der Waals surface area contributed by atoms with Gasteiger partial charge in [-0.3, -0.25) is 4.79 Å². The molecule has 12 heavy (non-hydrogen) atoms. The Kier molecular flexibility index (Phi) is 3.05. The van der Waals surface area contributed by atoms with E-state index in [0.717, 1.165) is 25.7 Å². The Morgan fingerprint density at radius 2 is 2.00 bits per heavy atom. The molecule has 3 unspecified atom stereocenters. The van der Waals surface area contributed by atoms with Gasteiger partial charge in [-0.2, -0.15) is 0 Å². The van der Waals surface area contributed by atoms with Gasteiger partial charge in [-0.05, 0) is 12.8 Å². The molecule has 1 aliphatic rings. The third kappa shape index (κ3) is 1.95. The van der Waals surface area contributed by atoms with Gasteiger partial charge in [0.1, 0.15) is 0 Å². The van der Waals surface area contributed by atoms with Gasteiger partial charge < -0.3 is 16.6 Å². The molecule has 1 fully saturated rings. The SMILES string of the molecule is NC(=O)C(N)C1CCCCC1O. The minimum atomic E-state index is -0.680. The molecule has 1 aliphatic carbocycles. The molecular weight excluding hydrogens is 156 g/mol. The zero-order valence-corrected chi connectivity index (χ0v) is 7.07. The minimum Gasteiger partial charge on any atom is -0.393 e. The van der Waals surface area contributed by atoms with Crippen molar-refractivity contribution >= 4 is 5.91 Å². The zero-order chi connectivity index (χ0) is 9.14. The summed E-state index contributed by atoms with van der Waals surface area (Å²) in [4.78, 5) is 10.7. The molecule has 1 saturated carbocycles. The predicted molar refractivity (Wildman–Crippen MR) is 45.1 cm³/mol. The van der Waals surface area contributed by atoms with Crippen molar-refractivity contribution in [2.24, 2.45) is 17.4 Å². The Labute approximate surface area is 71.9 Å². The molecule has 70 valence electrons. The van der Waals surface area contributed by atoms with Crippen LogP contribution in [0.25, 0.3) is 0 Å². The number of aliphatic hydroxyl groups excluding tert-OH is 1. The van der Waals surface area contributed by atoms with Crippen LogP contribution in [-0.4, -0.2) is 23.2 Å². The van der Waals surface area contributed by atoms with Crippen LogP contribution < -0.4 is 11.5 Å². The van der Waals surface area contributed by atoms with Gasteiger partial charge in [-0.25, -0.2) is 0 Å². The van der Waals surface area contributed by atoms with Crippen LogP contribution in [0, 0.1) is 5.92 Å². The lowest BCUT2D eigenvalue weighted by Crippen LogP contribution is -2.48. The fraction of sp³-hybridized carbons (Fsp3) is 0.875. The second kappa shape index (κ2) is 3.87. The molecule has 0 bridgehead atoms. The molecule has 3 atom stereocenters. The highest BCUT2D eigenvalue weighted by molar-refractivity contribution is 5.80. The number of amides is 1. The lowest BCUT2D eigenvalue weighted by Gasteiger charge is -2.30. The van der Waals surface area contributed by atoms with Gasteiger partial charge in [-0.15, -0.1) is 0 Å². The first-order valence-electron chi connectivity index (χ1n) is 4.36. The Morgan fingerprint density at radius 1 is 1.42 bits per heavy atom. The van der Waals surface area contributed by atoms with Crippen LogP contribution in [0.4, 0.5) is 0 Å². The second-order valence-corrected chi connectivity index (χ2v) is 3.44. The number of hydrogen-bond acceptors (Lipinski definition) is 3. The van der Waals surface area contributed by atoms with Crippen molar-refractivity contribution in [3.8, 4) is 0 Å². The molecule has 4 heteroatoms. The molecule has 0 spiro atoms. The first-order valence-corrected chi connectivity index (χ1v) is 4.36. The summed E-state index contributed by atoms with van der Waals surface area (Å²) in [6.07, 6.45) is 3.16. The predicted octanol–water partition coefficient (Wildman–Crippen LogP) is -0.650. The van der Waals surface area contributed by atoms with Crippen molar-refractivity contribution in [3.63, 3.8) is 0 Å². The van der Waals surface area contributed by atoms with Crippen LogP contribution in [0.15, 0.2) is 0 Å². The molecule has 4 nitrogen and oxygen atoms in total. The fourth-order valence-corrected chi connectivity index (χ4v) is 1.77. The first kappa shape index (κ1) is 9.48. The number of hydrogen-bond donors (Lipinski definition) is 3. The van der Waals surface area contributed by atoms with E-state index in [1.807, 2.05) is 0 Å². The van der Waals surface area contributed by atoms with Crippen molar-refractivity contribution in [3.05, 3.63) is 0 Å². The first-order chi connectivity index (χ1) is 5.63. The van der Waals surface area contributed by atoms with Crippen LogP contribution in [-0.2, 0) is 4.79 Å². The summed E-state index contributed by atoms with van der Waals surface area (Å²) in [5.74, 6) is -0.641. The van der Waals surface area contributed by atoms with Gasteiger partial charge in [0.2, 0.25) is 5.91 Å². The van der Waals surface area contributed by atoms with E-state index in [4.69, 9.17) is 11.5 Å². The molecule has 0 aliphatic heterocycles. The quantitative estimate of drug-likeness (QED) is 0.517. The normalized spacial score (nSPS) is 32.8. The number of primary amides is 1. The molecule has 0 saturated heterocycles. The summed E-state index contributed by atoms with van der Waals surface area (Å²) in [5.41, 5.74) is 10.6. The summed E-state index contributed by atoms with van der Waals surface area (Å²) in [6, 6.07) is -0.680. The minimum absolute atomic E-state index is 0.128. The summed E-state index contributed by atoms with van der Waals surface area (Å²) >= 11 is 0. The molecule has 1 amide bonds. The topological polar surface area (TPSA) is 89.3 Å². The van der Waals surface area contributed by atoms with Gasteiger partial charge in [0, 0.05) is 5.92 Å². The third-order valence-corrected chi connectivity index (χ3v) is 2.57. The Hall–Kier alpha value is -0.610. The Morgan fingerprint density at radius 3 is 2.50 bits per heavy atom. The van der Waals surface area contributed by atoms with Gasteiger partial charge in [0.25, 0.3) is 0 Å². The summed E-state index contributed by atoms with van der Waals surface area (Å²) < 4.78 is 0. The molecular formula is C8H16N2O2. The average molecular weight is 172 g/mol. The monoisotopic (exact) mass is 172 g/mol. The number of aliphatic hydroxyl groups is 1. The zero-order valence-electron chi connectivity index (χ0n) is 7.07. The van der Waals surface area contributed by atoms with Crippen LogP contribution in [0.5, 0.6) is 0 Å². The largest absolute Gasteiger partial charge is 0.393 e.